The van der Waals surface area contributed by atoms with Gasteiger partial charge in [0.05, 0.1) is 19.8 Å². The lowest BCUT2D eigenvalue weighted by molar-refractivity contribution is 0.0473. The third-order valence-electron chi connectivity index (χ3n) is 4.16. The first-order valence-electron chi connectivity index (χ1n) is 8.08. The maximum absolute atomic E-state index is 12.4. The molecular weight excluding hydrogens is 352 g/mol. The fourth-order valence-electron chi connectivity index (χ4n) is 2.69. The number of rotatable bonds is 5. The SMILES string of the molecule is COc1cc(OC)cc(C(=O)OCc2cc(=O)oc3c(C)c(O)ccc23)c1. The zero-order valence-electron chi connectivity index (χ0n) is 15.1. The van der Waals surface area contributed by atoms with E-state index in [-0.39, 0.29) is 23.5 Å². The van der Waals surface area contributed by atoms with Crippen LogP contribution >= 0.6 is 0 Å². The molecule has 2 aromatic carbocycles. The second-order valence-corrected chi connectivity index (χ2v) is 5.85. The van der Waals surface area contributed by atoms with Crippen LogP contribution in [0.25, 0.3) is 11.0 Å². The van der Waals surface area contributed by atoms with Crippen LogP contribution in [-0.2, 0) is 11.3 Å². The summed E-state index contributed by atoms with van der Waals surface area (Å²) >= 11 is 0. The molecule has 0 amide bonds. The number of methoxy groups -OCH3 is 2. The summed E-state index contributed by atoms with van der Waals surface area (Å²) in [4.78, 5) is 24.2. The van der Waals surface area contributed by atoms with Gasteiger partial charge in [0.2, 0.25) is 0 Å². The highest BCUT2D eigenvalue weighted by atomic mass is 16.5. The summed E-state index contributed by atoms with van der Waals surface area (Å²) < 4.78 is 20.8. The Balaban J connectivity index is 1.90. The summed E-state index contributed by atoms with van der Waals surface area (Å²) in [6.07, 6.45) is 0. The van der Waals surface area contributed by atoms with Gasteiger partial charge in [0, 0.05) is 28.6 Å². The smallest absolute Gasteiger partial charge is 0.338 e. The zero-order valence-corrected chi connectivity index (χ0v) is 15.1. The summed E-state index contributed by atoms with van der Waals surface area (Å²) in [5, 5.41) is 10.4. The van der Waals surface area contributed by atoms with Gasteiger partial charge in [0.25, 0.3) is 0 Å². The molecule has 0 aliphatic heterocycles. The van der Waals surface area contributed by atoms with Crippen molar-refractivity contribution in [2.75, 3.05) is 14.2 Å². The number of aromatic hydroxyl groups is 1. The second-order valence-electron chi connectivity index (χ2n) is 5.85. The van der Waals surface area contributed by atoms with E-state index in [2.05, 4.69) is 0 Å². The number of aryl methyl sites for hydroxylation is 1. The normalized spacial score (nSPS) is 10.6. The van der Waals surface area contributed by atoms with Crippen molar-refractivity contribution < 1.29 is 28.5 Å². The predicted molar refractivity (Wildman–Crippen MR) is 97.6 cm³/mol. The van der Waals surface area contributed by atoms with Crippen molar-refractivity contribution in [3.8, 4) is 17.2 Å². The maximum Gasteiger partial charge on any atom is 0.338 e. The molecule has 0 bridgehead atoms. The fourth-order valence-corrected chi connectivity index (χ4v) is 2.69. The van der Waals surface area contributed by atoms with E-state index in [1.807, 2.05) is 0 Å². The van der Waals surface area contributed by atoms with Crippen molar-refractivity contribution in [3.63, 3.8) is 0 Å². The predicted octanol–water partition coefficient (Wildman–Crippen LogP) is 3.18. The standard InChI is InChI=1S/C20H18O7/c1-11-17(21)5-4-16-13(8-18(22)27-19(11)16)10-26-20(23)12-6-14(24-2)9-15(7-12)25-3/h4-9,21H,10H2,1-3H3. The van der Waals surface area contributed by atoms with E-state index < -0.39 is 11.6 Å². The largest absolute Gasteiger partial charge is 0.508 e. The quantitative estimate of drug-likeness (QED) is 0.544. The number of carbonyl (C=O) groups is 1. The minimum atomic E-state index is -0.593. The molecule has 3 aromatic rings. The molecule has 7 nitrogen and oxygen atoms in total. The first-order chi connectivity index (χ1) is 12.9. The Morgan fingerprint density at radius 1 is 1.07 bits per heavy atom. The molecule has 0 aliphatic carbocycles. The summed E-state index contributed by atoms with van der Waals surface area (Å²) in [5.41, 5.74) is 0.845. The van der Waals surface area contributed by atoms with Gasteiger partial charge in [-0.25, -0.2) is 9.59 Å². The average molecular weight is 370 g/mol. The Hall–Kier alpha value is -3.48. The molecule has 3 rings (SSSR count). The molecule has 0 aliphatic rings. The molecule has 1 heterocycles. The molecule has 0 fully saturated rings. The molecule has 27 heavy (non-hydrogen) atoms. The van der Waals surface area contributed by atoms with Crippen LogP contribution in [0.5, 0.6) is 17.2 Å². The molecule has 0 spiro atoms. The second kappa shape index (κ2) is 7.41. The van der Waals surface area contributed by atoms with E-state index in [1.165, 1.54) is 38.5 Å². The molecule has 0 atom stereocenters. The summed E-state index contributed by atoms with van der Waals surface area (Å²) in [7, 11) is 2.97. The van der Waals surface area contributed by atoms with Crippen LogP contribution in [0, 0.1) is 6.92 Å². The Labute approximate surface area is 154 Å². The van der Waals surface area contributed by atoms with E-state index in [9.17, 15) is 14.7 Å². The molecule has 0 saturated heterocycles. The lowest BCUT2D eigenvalue weighted by atomic mass is 10.1. The Morgan fingerprint density at radius 2 is 1.74 bits per heavy atom. The van der Waals surface area contributed by atoms with Crippen LogP contribution in [0.2, 0.25) is 0 Å². The number of hydrogen-bond acceptors (Lipinski definition) is 7. The molecule has 0 saturated carbocycles. The van der Waals surface area contributed by atoms with Gasteiger partial charge in [-0.3, -0.25) is 0 Å². The Morgan fingerprint density at radius 3 is 2.37 bits per heavy atom. The van der Waals surface area contributed by atoms with E-state index in [0.29, 0.717) is 28.0 Å². The number of benzene rings is 2. The van der Waals surface area contributed by atoms with Crippen molar-refractivity contribution in [1.82, 2.24) is 0 Å². The van der Waals surface area contributed by atoms with E-state index >= 15 is 0 Å². The average Bonchev–Trinajstić information content (AvgIpc) is 2.68. The van der Waals surface area contributed by atoms with Crippen LogP contribution < -0.4 is 15.1 Å². The van der Waals surface area contributed by atoms with Gasteiger partial charge in [0.15, 0.2) is 0 Å². The molecule has 140 valence electrons. The number of phenolic OH excluding ortho intramolecular Hbond substituents is 1. The molecule has 1 aromatic heterocycles. The third-order valence-corrected chi connectivity index (χ3v) is 4.16. The number of esters is 1. The molecular formula is C20H18O7. The topological polar surface area (TPSA) is 95.2 Å². The summed E-state index contributed by atoms with van der Waals surface area (Å²) in [6.45, 7) is 1.50. The van der Waals surface area contributed by atoms with Crippen LogP contribution in [0.1, 0.15) is 21.5 Å². The summed E-state index contributed by atoms with van der Waals surface area (Å²) in [6, 6.07) is 9.07. The van der Waals surface area contributed by atoms with Gasteiger partial charge in [-0.05, 0) is 31.2 Å². The van der Waals surface area contributed by atoms with Crippen molar-refractivity contribution in [2.45, 2.75) is 13.5 Å². The number of carbonyl (C=O) groups excluding carboxylic acids is 1. The van der Waals surface area contributed by atoms with Gasteiger partial charge >= 0.3 is 11.6 Å². The minimum Gasteiger partial charge on any atom is -0.508 e. The first-order valence-corrected chi connectivity index (χ1v) is 8.08. The van der Waals surface area contributed by atoms with Crippen LogP contribution in [0.3, 0.4) is 0 Å². The van der Waals surface area contributed by atoms with Gasteiger partial charge in [0.1, 0.15) is 29.4 Å². The highest BCUT2D eigenvalue weighted by Crippen LogP contribution is 2.28. The fraction of sp³-hybridized carbons (Fsp3) is 0.200. The highest BCUT2D eigenvalue weighted by Gasteiger charge is 2.15. The molecule has 1 N–H and O–H groups in total. The van der Waals surface area contributed by atoms with Gasteiger partial charge in [-0.2, -0.15) is 0 Å². The molecule has 0 unspecified atom stereocenters. The van der Waals surface area contributed by atoms with E-state index in [1.54, 1.807) is 19.1 Å². The van der Waals surface area contributed by atoms with Gasteiger partial charge in [-0.1, -0.05) is 0 Å². The van der Waals surface area contributed by atoms with Crippen molar-refractivity contribution in [3.05, 3.63) is 63.5 Å². The van der Waals surface area contributed by atoms with Gasteiger partial charge in [-0.15, -0.1) is 0 Å². The van der Waals surface area contributed by atoms with Crippen molar-refractivity contribution >= 4 is 16.9 Å². The van der Waals surface area contributed by atoms with Crippen molar-refractivity contribution in [2.24, 2.45) is 0 Å². The Bertz CT molecular complexity index is 1040. The van der Waals surface area contributed by atoms with E-state index in [0.717, 1.165) is 0 Å². The monoisotopic (exact) mass is 370 g/mol. The maximum atomic E-state index is 12.4. The first kappa shape index (κ1) is 18.3. The number of phenols is 1. The number of hydrogen-bond donors (Lipinski definition) is 1. The lowest BCUT2D eigenvalue weighted by Crippen LogP contribution is -2.08. The van der Waals surface area contributed by atoms with Crippen LogP contribution in [0.4, 0.5) is 0 Å². The number of fused-ring (bicyclic) bond motifs is 1. The molecule has 7 heteroatoms. The molecule has 0 radical (unpaired) electrons. The van der Waals surface area contributed by atoms with Crippen molar-refractivity contribution in [1.29, 1.82) is 0 Å². The van der Waals surface area contributed by atoms with Crippen LogP contribution in [0.15, 0.2) is 45.6 Å². The summed E-state index contributed by atoms with van der Waals surface area (Å²) in [5.74, 6) is 0.337. The van der Waals surface area contributed by atoms with Gasteiger partial charge < -0.3 is 23.7 Å². The Kier molecular flexibility index (Phi) is 5.03. The van der Waals surface area contributed by atoms with E-state index in [4.69, 9.17) is 18.6 Å². The third kappa shape index (κ3) is 3.72. The lowest BCUT2D eigenvalue weighted by Gasteiger charge is -2.10. The number of ether oxygens (including phenoxy) is 3. The van der Waals surface area contributed by atoms with Crippen LogP contribution in [-0.4, -0.2) is 25.3 Å². The highest BCUT2D eigenvalue weighted by molar-refractivity contribution is 5.91. The zero-order chi connectivity index (χ0) is 19.6. The minimum absolute atomic E-state index is 0.0169.